The molecule has 1 N–H and O–H groups in total. The molecule has 2 amide bonds. The summed E-state index contributed by atoms with van der Waals surface area (Å²) in [6, 6.07) is 0.131. The first-order valence-corrected chi connectivity index (χ1v) is 7.10. The van der Waals surface area contributed by atoms with E-state index in [1.165, 1.54) is 19.3 Å². The minimum absolute atomic E-state index is 0.131. The van der Waals surface area contributed by atoms with E-state index in [2.05, 4.69) is 12.2 Å². The predicted molar refractivity (Wildman–Crippen MR) is 66.4 cm³/mol. The normalized spacial score (nSPS) is 16.5. The topological polar surface area (TPSA) is 32.3 Å². The third-order valence-corrected chi connectivity index (χ3v) is 3.55. The zero-order valence-corrected chi connectivity index (χ0v) is 10.4. The fraction of sp³-hybridized carbons (Fsp3) is 0.909. The lowest BCUT2D eigenvalue weighted by Crippen LogP contribution is -2.44. The minimum Gasteiger partial charge on any atom is -0.338 e. The summed E-state index contributed by atoms with van der Waals surface area (Å²) >= 11 is 1.93. The molecule has 1 heterocycles. The molecule has 88 valence electrons. The van der Waals surface area contributed by atoms with Crippen molar-refractivity contribution in [3.63, 3.8) is 0 Å². The van der Waals surface area contributed by atoms with Crippen molar-refractivity contribution in [2.24, 2.45) is 0 Å². The summed E-state index contributed by atoms with van der Waals surface area (Å²) in [5, 5.41) is 2.99. The maximum absolute atomic E-state index is 11.6. The van der Waals surface area contributed by atoms with Gasteiger partial charge in [-0.05, 0) is 6.42 Å². The predicted octanol–water partition coefficient (Wildman–Crippen LogP) is 2.33. The van der Waals surface area contributed by atoms with Gasteiger partial charge < -0.3 is 10.2 Å². The number of carbonyl (C=O) groups excluding carboxylic acids is 1. The summed E-state index contributed by atoms with van der Waals surface area (Å²) in [6.45, 7) is 4.85. The van der Waals surface area contributed by atoms with Crippen LogP contribution in [0.25, 0.3) is 0 Å². The number of amides is 2. The fourth-order valence-electron chi connectivity index (χ4n) is 1.63. The highest BCUT2D eigenvalue weighted by molar-refractivity contribution is 7.99. The van der Waals surface area contributed by atoms with E-state index in [4.69, 9.17) is 0 Å². The van der Waals surface area contributed by atoms with Crippen molar-refractivity contribution >= 4 is 17.8 Å². The van der Waals surface area contributed by atoms with Crippen LogP contribution in [-0.4, -0.2) is 42.1 Å². The number of urea groups is 1. The minimum atomic E-state index is 0.131. The number of nitrogens with one attached hydrogen (secondary N) is 1. The Morgan fingerprint density at radius 2 is 2.00 bits per heavy atom. The van der Waals surface area contributed by atoms with E-state index in [0.29, 0.717) is 0 Å². The van der Waals surface area contributed by atoms with E-state index in [9.17, 15) is 4.79 Å². The molecule has 0 bridgehead atoms. The average Bonchev–Trinajstić information content (AvgIpc) is 2.30. The molecule has 3 nitrogen and oxygen atoms in total. The van der Waals surface area contributed by atoms with Crippen LogP contribution in [-0.2, 0) is 0 Å². The van der Waals surface area contributed by atoms with E-state index in [1.54, 1.807) is 0 Å². The van der Waals surface area contributed by atoms with E-state index in [-0.39, 0.29) is 6.03 Å². The zero-order valence-electron chi connectivity index (χ0n) is 9.63. The van der Waals surface area contributed by atoms with Crippen LogP contribution >= 0.6 is 11.8 Å². The lowest BCUT2D eigenvalue weighted by Gasteiger charge is -2.26. The van der Waals surface area contributed by atoms with Crippen molar-refractivity contribution in [2.45, 2.75) is 32.6 Å². The molecule has 1 rings (SSSR count). The van der Waals surface area contributed by atoms with Crippen LogP contribution in [0.15, 0.2) is 0 Å². The van der Waals surface area contributed by atoms with Crippen LogP contribution in [0, 0.1) is 0 Å². The molecule has 1 aliphatic rings. The number of rotatable bonds is 5. The molecule has 0 spiro atoms. The highest BCUT2D eigenvalue weighted by atomic mass is 32.2. The fourth-order valence-corrected chi connectivity index (χ4v) is 2.53. The Morgan fingerprint density at radius 1 is 1.27 bits per heavy atom. The van der Waals surface area contributed by atoms with Gasteiger partial charge in [-0.1, -0.05) is 26.2 Å². The van der Waals surface area contributed by atoms with Gasteiger partial charge >= 0.3 is 6.03 Å². The highest BCUT2D eigenvalue weighted by Crippen LogP contribution is 2.08. The third-order valence-electron chi connectivity index (χ3n) is 2.60. The number of unbranched alkanes of at least 4 members (excludes halogenated alkanes) is 3. The van der Waals surface area contributed by atoms with Crippen LogP contribution in [0.4, 0.5) is 4.79 Å². The largest absolute Gasteiger partial charge is 0.338 e. The Morgan fingerprint density at radius 3 is 2.67 bits per heavy atom. The lowest BCUT2D eigenvalue weighted by molar-refractivity contribution is 0.203. The number of hydrogen-bond donors (Lipinski definition) is 1. The molecule has 0 atom stereocenters. The highest BCUT2D eigenvalue weighted by Gasteiger charge is 2.15. The van der Waals surface area contributed by atoms with Crippen molar-refractivity contribution in [2.75, 3.05) is 31.1 Å². The Bertz CT molecular complexity index is 181. The van der Waals surface area contributed by atoms with Gasteiger partial charge in [-0.15, -0.1) is 0 Å². The van der Waals surface area contributed by atoms with E-state index in [1.807, 2.05) is 16.7 Å². The Labute approximate surface area is 97.0 Å². The number of nitrogens with zero attached hydrogens (tertiary/aromatic N) is 1. The van der Waals surface area contributed by atoms with Crippen molar-refractivity contribution in [3.05, 3.63) is 0 Å². The number of carbonyl (C=O) groups is 1. The Hall–Kier alpha value is -0.380. The van der Waals surface area contributed by atoms with E-state index in [0.717, 1.165) is 37.6 Å². The maximum Gasteiger partial charge on any atom is 0.317 e. The van der Waals surface area contributed by atoms with Crippen molar-refractivity contribution in [1.82, 2.24) is 10.2 Å². The standard InChI is InChI=1S/C11H22N2OS/c1-2-3-4-5-6-12-11(14)13-7-9-15-10-8-13/h2-10H2,1H3,(H,12,14). The molecule has 1 saturated heterocycles. The molecule has 0 aromatic carbocycles. The first-order valence-electron chi connectivity index (χ1n) is 5.95. The van der Waals surface area contributed by atoms with Gasteiger partial charge in [0.05, 0.1) is 0 Å². The first-order chi connectivity index (χ1) is 7.34. The van der Waals surface area contributed by atoms with Gasteiger partial charge in [-0.3, -0.25) is 0 Å². The second kappa shape index (κ2) is 7.85. The molecular formula is C11H22N2OS. The van der Waals surface area contributed by atoms with E-state index >= 15 is 0 Å². The SMILES string of the molecule is CCCCCCNC(=O)N1CCSCC1. The van der Waals surface area contributed by atoms with E-state index < -0.39 is 0 Å². The van der Waals surface area contributed by atoms with Crippen LogP contribution < -0.4 is 5.32 Å². The molecule has 0 aromatic heterocycles. The van der Waals surface area contributed by atoms with Crippen molar-refractivity contribution < 1.29 is 4.79 Å². The zero-order chi connectivity index (χ0) is 10.9. The summed E-state index contributed by atoms with van der Waals surface area (Å²) in [7, 11) is 0. The molecular weight excluding hydrogens is 208 g/mol. The van der Waals surface area contributed by atoms with Gasteiger partial charge in [0.15, 0.2) is 0 Å². The molecule has 0 saturated carbocycles. The van der Waals surface area contributed by atoms with Crippen LogP contribution in [0.1, 0.15) is 32.6 Å². The van der Waals surface area contributed by atoms with Gasteiger partial charge in [-0.25, -0.2) is 4.79 Å². The summed E-state index contributed by atoms with van der Waals surface area (Å²) in [5.74, 6) is 2.17. The lowest BCUT2D eigenvalue weighted by atomic mass is 10.2. The second-order valence-electron chi connectivity index (χ2n) is 3.89. The molecule has 0 unspecified atom stereocenters. The van der Waals surface area contributed by atoms with Crippen molar-refractivity contribution in [1.29, 1.82) is 0 Å². The molecule has 0 aliphatic carbocycles. The first kappa shape index (κ1) is 12.7. The van der Waals surface area contributed by atoms with Gasteiger partial charge in [0.25, 0.3) is 0 Å². The van der Waals surface area contributed by atoms with Crippen LogP contribution in [0.2, 0.25) is 0 Å². The third kappa shape index (κ3) is 5.30. The van der Waals surface area contributed by atoms with Crippen LogP contribution in [0.5, 0.6) is 0 Å². The Kier molecular flexibility index (Phi) is 6.64. The quantitative estimate of drug-likeness (QED) is 0.735. The molecule has 1 fully saturated rings. The average molecular weight is 230 g/mol. The Balaban J connectivity index is 2.02. The second-order valence-corrected chi connectivity index (χ2v) is 5.12. The van der Waals surface area contributed by atoms with Crippen molar-refractivity contribution in [3.8, 4) is 0 Å². The molecule has 1 aliphatic heterocycles. The smallest absolute Gasteiger partial charge is 0.317 e. The molecule has 0 radical (unpaired) electrons. The summed E-state index contributed by atoms with van der Waals surface area (Å²) in [5.41, 5.74) is 0. The molecule has 4 heteroatoms. The summed E-state index contributed by atoms with van der Waals surface area (Å²) in [6.07, 6.45) is 4.86. The van der Waals surface area contributed by atoms with Gasteiger partial charge in [-0.2, -0.15) is 11.8 Å². The number of hydrogen-bond acceptors (Lipinski definition) is 2. The molecule has 15 heavy (non-hydrogen) atoms. The molecule has 0 aromatic rings. The summed E-state index contributed by atoms with van der Waals surface area (Å²) in [4.78, 5) is 13.6. The maximum atomic E-state index is 11.6. The monoisotopic (exact) mass is 230 g/mol. The summed E-state index contributed by atoms with van der Waals surface area (Å²) < 4.78 is 0. The number of thioether (sulfide) groups is 1. The van der Waals surface area contributed by atoms with Gasteiger partial charge in [0.1, 0.15) is 0 Å². The van der Waals surface area contributed by atoms with Crippen LogP contribution in [0.3, 0.4) is 0 Å². The van der Waals surface area contributed by atoms with Gasteiger partial charge in [0, 0.05) is 31.1 Å². The van der Waals surface area contributed by atoms with Gasteiger partial charge in [0.2, 0.25) is 0 Å².